The Morgan fingerprint density at radius 3 is 2.48 bits per heavy atom. The van der Waals surface area contributed by atoms with Crippen molar-refractivity contribution in [2.75, 3.05) is 12.1 Å². The molecule has 1 aliphatic rings. The van der Waals surface area contributed by atoms with E-state index < -0.39 is 5.97 Å². The molecule has 0 aliphatic carbocycles. The molecule has 3 aromatic rings. The van der Waals surface area contributed by atoms with Gasteiger partial charge in [-0.1, -0.05) is 41.9 Å². The number of hydrogen-bond acceptors (Lipinski definition) is 5. The molecule has 0 saturated carbocycles. The summed E-state index contributed by atoms with van der Waals surface area (Å²) in [6, 6.07) is 19.0. The predicted molar refractivity (Wildman–Crippen MR) is 108 cm³/mol. The number of amides is 1. The van der Waals surface area contributed by atoms with E-state index in [2.05, 4.69) is 5.32 Å². The quantitative estimate of drug-likeness (QED) is 0.619. The van der Waals surface area contributed by atoms with Crippen LogP contribution in [0.2, 0.25) is 5.02 Å². The van der Waals surface area contributed by atoms with Crippen LogP contribution in [0.25, 0.3) is 0 Å². The van der Waals surface area contributed by atoms with Crippen molar-refractivity contribution in [3.63, 3.8) is 0 Å². The van der Waals surface area contributed by atoms with Gasteiger partial charge in [0.05, 0.1) is 10.6 Å². The lowest BCUT2D eigenvalue weighted by atomic mass is 10.1. The Bertz CT molecular complexity index is 1050. The van der Waals surface area contributed by atoms with Gasteiger partial charge in [-0.05, 0) is 42.0 Å². The fraction of sp³-hybridized carbons (Fsp3) is 0.0909. The SMILES string of the molecule is O=C(Nc1ccccc1)c1ccc(COC(=O)c2cc(Cl)c3c(c2)OCO3)cc1. The van der Waals surface area contributed by atoms with E-state index in [0.29, 0.717) is 22.1 Å². The van der Waals surface area contributed by atoms with Crippen molar-refractivity contribution in [3.8, 4) is 11.5 Å². The summed E-state index contributed by atoms with van der Waals surface area (Å²) in [5, 5.41) is 3.11. The zero-order chi connectivity index (χ0) is 20.2. The van der Waals surface area contributed by atoms with Crippen LogP contribution < -0.4 is 14.8 Å². The number of esters is 1. The van der Waals surface area contributed by atoms with Gasteiger partial charge in [0.15, 0.2) is 11.5 Å². The summed E-state index contributed by atoms with van der Waals surface area (Å²) < 4.78 is 15.8. The Hall–Kier alpha value is -3.51. The first-order valence-electron chi connectivity index (χ1n) is 8.82. The second-order valence-electron chi connectivity index (χ2n) is 6.29. The molecule has 3 aromatic carbocycles. The molecule has 0 atom stereocenters. The number of halogens is 1. The number of hydrogen-bond donors (Lipinski definition) is 1. The van der Waals surface area contributed by atoms with Crippen molar-refractivity contribution >= 4 is 29.2 Å². The number of anilines is 1. The van der Waals surface area contributed by atoms with Crippen molar-refractivity contribution in [1.82, 2.24) is 0 Å². The molecular formula is C22H16ClNO5. The van der Waals surface area contributed by atoms with E-state index in [-0.39, 0.29) is 24.9 Å². The molecular weight excluding hydrogens is 394 g/mol. The van der Waals surface area contributed by atoms with Gasteiger partial charge in [-0.3, -0.25) is 4.79 Å². The van der Waals surface area contributed by atoms with Crippen LogP contribution in [0.3, 0.4) is 0 Å². The van der Waals surface area contributed by atoms with E-state index in [9.17, 15) is 9.59 Å². The molecule has 0 saturated heterocycles. The van der Waals surface area contributed by atoms with Crippen molar-refractivity contribution in [2.24, 2.45) is 0 Å². The highest BCUT2D eigenvalue weighted by Gasteiger charge is 2.21. The number of nitrogens with one attached hydrogen (secondary N) is 1. The Balaban J connectivity index is 1.36. The highest BCUT2D eigenvalue weighted by Crippen LogP contribution is 2.39. The molecule has 1 aliphatic heterocycles. The summed E-state index contributed by atoms with van der Waals surface area (Å²) >= 11 is 6.09. The summed E-state index contributed by atoms with van der Waals surface area (Å²) in [6.45, 7) is 0.128. The Morgan fingerprint density at radius 2 is 1.72 bits per heavy atom. The molecule has 0 spiro atoms. The largest absolute Gasteiger partial charge is 0.457 e. The van der Waals surface area contributed by atoms with Gasteiger partial charge in [-0.15, -0.1) is 0 Å². The monoisotopic (exact) mass is 409 g/mol. The van der Waals surface area contributed by atoms with Crippen LogP contribution in [0.15, 0.2) is 66.7 Å². The number of fused-ring (bicyclic) bond motifs is 1. The predicted octanol–water partition coefficient (Wildman–Crippen LogP) is 4.68. The standard InChI is InChI=1S/C22H16ClNO5/c23-18-10-16(11-19-20(18)29-13-28-19)22(26)27-12-14-6-8-15(9-7-14)21(25)24-17-4-2-1-3-5-17/h1-11H,12-13H2,(H,24,25). The maximum atomic E-state index is 12.3. The van der Waals surface area contributed by atoms with Crippen molar-refractivity contribution in [3.05, 3.63) is 88.4 Å². The summed E-state index contributed by atoms with van der Waals surface area (Å²) in [6.07, 6.45) is 0. The van der Waals surface area contributed by atoms with Crippen LogP contribution >= 0.6 is 11.6 Å². The maximum absolute atomic E-state index is 12.3. The van der Waals surface area contributed by atoms with E-state index in [1.165, 1.54) is 12.1 Å². The number of carbonyl (C=O) groups excluding carboxylic acids is 2. The zero-order valence-electron chi connectivity index (χ0n) is 15.2. The lowest BCUT2D eigenvalue weighted by molar-refractivity contribution is 0.0472. The van der Waals surface area contributed by atoms with Gasteiger partial charge in [0.1, 0.15) is 6.61 Å². The zero-order valence-corrected chi connectivity index (χ0v) is 15.9. The van der Waals surface area contributed by atoms with E-state index in [1.54, 1.807) is 24.3 Å². The molecule has 7 heteroatoms. The second kappa shape index (κ2) is 8.24. The first-order chi connectivity index (χ1) is 14.1. The van der Waals surface area contributed by atoms with Crippen molar-refractivity contribution < 1.29 is 23.8 Å². The van der Waals surface area contributed by atoms with Gasteiger partial charge in [0.25, 0.3) is 5.91 Å². The van der Waals surface area contributed by atoms with Gasteiger partial charge in [-0.25, -0.2) is 4.79 Å². The summed E-state index contributed by atoms with van der Waals surface area (Å²) in [5.74, 6) is 0.0941. The van der Waals surface area contributed by atoms with Crippen molar-refractivity contribution in [1.29, 1.82) is 0 Å². The van der Waals surface area contributed by atoms with Crippen LogP contribution in [-0.2, 0) is 11.3 Å². The number of carbonyl (C=O) groups is 2. The fourth-order valence-corrected chi connectivity index (χ4v) is 3.06. The summed E-state index contributed by atoms with van der Waals surface area (Å²) in [7, 11) is 0. The first-order valence-corrected chi connectivity index (χ1v) is 9.19. The topological polar surface area (TPSA) is 73.9 Å². The first kappa shape index (κ1) is 18.8. The molecule has 1 heterocycles. The van der Waals surface area contributed by atoms with E-state index >= 15 is 0 Å². The average Bonchev–Trinajstić information content (AvgIpc) is 3.22. The molecule has 6 nitrogen and oxygen atoms in total. The van der Waals surface area contributed by atoms with Gasteiger partial charge < -0.3 is 19.5 Å². The molecule has 0 unspecified atom stereocenters. The fourth-order valence-electron chi connectivity index (χ4n) is 2.79. The molecule has 146 valence electrons. The molecule has 0 fully saturated rings. The van der Waals surface area contributed by atoms with Crippen LogP contribution in [0.1, 0.15) is 26.3 Å². The van der Waals surface area contributed by atoms with Crippen molar-refractivity contribution in [2.45, 2.75) is 6.61 Å². The molecule has 1 N–H and O–H groups in total. The minimum atomic E-state index is -0.531. The van der Waals surface area contributed by atoms with Crippen LogP contribution in [0.5, 0.6) is 11.5 Å². The molecule has 0 radical (unpaired) electrons. The number of para-hydroxylation sites is 1. The smallest absolute Gasteiger partial charge is 0.338 e. The number of benzene rings is 3. The highest BCUT2D eigenvalue weighted by atomic mass is 35.5. The number of rotatable bonds is 5. The van der Waals surface area contributed by atoms with Crippen LogP contribution in [0, 0.1) is 0 Å². The Kier molecular flexibility index (Phi) is 5.35. The normalized spacial score (nSPS) is 11.8. The van der Waals surface area contributed by atoms with Crippen LogP contribution in [-0.4, -0.2) is 18.7 Å². The average molecular weight is 410 g/mol. The lowest BCUT2D eigenvalue weighted by Crippen LogP contribution is -2.12. The van der Waals surface area contributed by atoms with Gasteiger partial charge in [0.2, 0.25) is 6.79 Å². The summed E-state index contributed by atoms with van der Waals surface area (Å²) in [5.41, 5.74) is 2.25. The maximum Gasteiger partial charge on any atom is 0.338 e. The summed E-state index contributed by atoms with van der Waals surface area (Å²) in [4.78, 5) is 24.6. The Labute approximate surface area is 172 Å². The third-order valence-corrected chi connectivity index (χ3v) is 4.56. The van der Waals surface area contributed by atoms with Gasteiger partial charge in [-0.2, -0.15) is 0 Å². The highest BCUT2D eigenvalue weighted by molar-refractivity contribution is 6.32. The molecule has 0 bridgehead atoms. The molecule has 1 amide bonds. The third-order valence-electron chi connectivity index (χ3n) is 4.28. The third kappa shape index (κ3) is 4.33. The molecule has 29 heavy (non-hydrogen) atoms. The van der Waals surface area contributed by atoms with Gasteiger partial charge in [0, 0.05) is 11.3 Å². The van der Waals surface area contributed by atoms with E-state index in [0.717, 1.165) is 11.3 Å². The van der Waals surface area contributed by atoms with Crippen LogP contribution in [0.4, 0.5) is 5.69 Å². The van der Waals surface area contributed by atoms with E-state index in [4.69, 9.17) is 25.8 Å². The minimum absolute atomic E-state index is 0.0610. The van der Waals surface area contributed by atoms with Gasteiger partial charge >= 0.3 is 5.97 Å². The Morgan fingerprint density at radius 1 is 0.966 bits per heavy atom. The second-order valence-corrected chi connectivity index (χ2v) is 6.69. The minimum Gasteiger partial charge on any atom is -0.457 e. The molecule has 0 aromatic heterocycles. The molecule has 4 rings (SSSR count). The lowest BCUT2D eigenvalue weighted by Gasteiger charge is -2.08. The number of ether oxygens (including phenoxy) is 3. The van der Waals surface area contributed by atoms with E-state index in [1.807, 2.05) is 30.3 Å².